The minimum atomic E-state index is -3.76. The standard InChI is InChI=1S/C21H19F2N7O2S/c1-20(2)19(25)30-21(3,10-33(20,31)32)14-5-12(8-27-17(14)23)29-18-16-13(15(22)9-28-18)4-11(6-24)7-26-16/h4-5,7-9H,10H2,1-3H3,(H2,25,30)(H,28,29)/t21-/m0/s1. The van der Waals surface area contributed by atoms with Crippen LogP contribution < -0.4 is 11.1 Å². The first-order valence-corrected chi connectivity index (χ1v) is 11.4. The molecule has 4 rings (SSSR count). The summed E-state index contributed by atoms with van der Waals surface area (Å²) in [6, 6.07) is 4.59. The molecule has 0 unspecified atom stereocenters. The van der Waals surface area contributed by atoms with Crippen LogP contribution in [0.25, 0.3) is 10.9 Å². The molecule has 0 fully saturated rings. The summed E-state index contributed by atoms with van der Waals surface area (Å²) in [5.74, 6) is -2.02. The van der Waals surface area contributed by atoms with Crippen molar-refractivity contribution in [1.82, 2.24) is 15.0 Å². The minimum absolute atomic E-state index is 0.0757. The Bertz CT molecular complexity index is 1480. The van der Waals surface area contributed by atoms with Crippen LogP contribution in [0.4, 0.5) is 20.3 Å². The number of nitriles is 1. The van der Waals surface area contributed by atoms with E-state index in [1.54, 1.807) is 0 Å². The normalized spacial score (nSPS) is 21.3. The second-order valence-electron chi connectivity index (χ2n) is 8.41. The lowest BCUT2D eigenvalue weighted by Gasteiger charge is -2.37. The third-order valence-electron chi connectivity index (χ3n) is 5.72. The molecule has 3 aromatic rings. The highest BCUT2D eigenvalue weighted by atomic mass is 32.2. The number of nitrogens with zero attached hydrogens (tertiary/aromatic N) is 5. The molecule has 0 saturated carbocycles. The Morgan fingerprint density at radius 1 is 1.12 bits per heavy atom. The van der Waals surface area contributed by atoms with E-state index >= 15 is 0 Å². The van der Waals surface area contributed by atoms with Gasteiger partial charge >= 0.3 is 0 Å². The van der Waals surface area contributed by atoms with E-state index < -0.39 is 37.6 Å². The molecule has 12 heteroatoms. The van der Waals surface area contributed by atoms with E-state index in [0.717, 1.165) is 6.20 Å². The first-order valence-electron chi connectivity index (χ1n) is 9.73. The Hall–Kier alpha value is -3.72. The predicted octanol–water partition coefficient (Wildman–Crippen LogP) is 2.70. The number of aromatic nitrogens is 3. The molecule has 3 aromatic heterocycles. The molecule has 170 valence electrons. The van der Waals surface area contributed by atoms with Crippen molar-refractivity contribution < 1.29 is 17.2 Å². The Balaban J connectivity index is 1.79. The van der Waals surface area contributed by atoms with Crippen molar-refractivity contribution in [2.24, 2.45) is 10.7 Å². The van der Waals surface area contributed by atoms with Gasteiger partial charge in [-0.1, -0.05) is 0 Å². The Morgan fingerprint density at radius 3 is 2.52 bits per heavy atom. The van der Waals surface area contributed by atoms with Gasteiger partial charge in [-0.3, -0.25) is 9.98 Å². The second kappa shape index (κ2) is 7.41. The zero-order valence-corrected chi connectivity index (χ0v) is 18.7. The Kier molecular flexibility index (Phi) is 5.05. The summed E-state index contributed by atoms with van der Waals surface area (Å²) >= 11 is 0. The van der Waals surface area contributed by atoms with E-state index in [1.165, 1.54) is 45.3 Å². The lowest BCUT2D eigenvalue weighted by Crippen LogP contribution is -2.55. The van der Waals surface area contributed by atoms with Gasteiger partial charge in [-0.25, -0.2) is 22.8 Å². The molecular weight excluding hydrogens is 452 g/mol. The molecule has 1 aliphatic rings. The fraction of sp³-hybridized carbons (Fsp3) is 0.286. The first-order chi connectivity index (χ1) is 15.4. The van der Waals surface area contributed by atoms with Gasteiger partial charge in [-0.2, -0.15) is 9.65 Å². The van der Waals surface area contributed by atoms with Gasteiger partial charge < -0.3 is 11.1 Å². The third kappa shape index (κ3) is 3.64. The number of amidine groups is 1. The summed E-state index contributed by atoms with van der Waals surface area (Å²) in [5.41, 5.74) is 4.93. The van der Waals surface area contributed by atoms with Crippen molar-refractivity contribution in [3.8, 4) is 6.07 Å². The smallest absolute Gasteiger partial charge is 0.218 e. The Labute approximate surface area is 188 Å². The fourth-order valence-electron chi connectivity index (χ4n) is 3.55. The van der Waals surface area contributed by atoms with Crippen LogP contribution in [0.15, 0.2) is 35.7 Å². The van der Waals surface area contributed by atoms with E-state index in [9.17, 15) is 17.2 Å². The summed E-state index contributed by atoms with van der Waals surface area (Å²) in [5, 5.41) is 12.0. The predicted molar refractivity (Wildman–Crippen MR) is 119 cm³/mol. The van der Waals surface area contributed by atoms with Crippen molar-refractivity contribution in [3.63, 3.8) is 0 Å². The van der Waals surface area contributed by atoms with Crippen LogP contribution in [0.5, 0.6) is 0 Å². The van der Waals surface area contributed by atoms with Crippen LogP contribution in [-0.2, 0) is 15.4 Å². The van der Waals surface area contributed by atoms with E-state index in [4.69, 9.17) is 11.0 Å². The van der Waals surface area contributed by atoms with Gasteiger partial charge in [0, 0.05) is 17.1 Å². The van der Waals surface area contributed by atoms with E-state index in [-0.39, 0.29) is 39.4 Å². The van der Waals surface area contributed by atoms with Crippen molar-refractivity contribution in [2.75, 3.05) is 11.1 Å². The van der Waals surface area contributed by atoms with Crippen LogP contribution in [0.2, 0.25) is 0 Å². The number of hydrogen-bond donors (Lipinski definition) is 2. The highest BCUT2D eigenvalue weighted by Crippen LogP contribution is 2.38. The number of anilines is 2. The summed E-state index contributed by atoms with van der Waals surface area (Å²) in [6.45, 7) is 4.36. The maximum Gasteiger partial charge on any atom is 0.218 e. The van der Waals surface area contributed by atoms with E-state index in [1.807, 2.05) is 6.07 Å². The van der Waals surface area contributed by atoms with Gasteiger partial charge in [0.15, 0.2) is 21.5 Å². The third-order valence-corrected chi connectivity index (χ3v) is 8.43. The van der Waals surface area contributed by atoms with Gasteiger partial charge in [0.2, 0.25) is 5.95 Å². The molecule has 0 saturated heterocycles. The number of nitrogens with two attached hydrogens (primary N) is 1. The number of hydrogen-bond acceptors (Lipinski definition) is 9. The van der Waals surface area contributed by atoms with Gasteiger partial charge in [0.05, 0.1) is 29.4 Å². The molecular formula is C21H19F2N7O2S. The number of pyridine rings is 3. The summed E-state index contributed by atoms with van der Waals surface area (Å²) in [7, 11) is -3.76. The maximum absolute atomic E-state index is 14.7. The zero-order chi connectivity index (χ0) is 24.2. The molecule has 9 nitrogen and oxygen atoms in total. The lowest BCUT2D eigenvalue weighted by atomic mass is 9.94. The maximum atomic E-state index is 14.7. The molecule has 0 bridgehead atoms. The number of sulfone groups is 1. The summed E-state index contributed by atoms with van der Waals surface area (Å²) in [4.78, 5) is 16.1. The summed E-state index contributed by atoms with van der Waals surface area (Å²) in [6.07, 6.45) is 3.42. The zero-order valence-electron chi connectivity index (χ0n) is 17.9. The monoisotopic (exact) mass is 471 g/mol. The number of nitrogens with one attached hydrogen (secondary N) is 1. The topological polar surface area (TPSA) is 147 Å². The number of rotatable bonds is 3. The number of aliphatic imine (C=N–C) groups is 1. The SMILES string of the molecule is CC1(C)C(N)=N[C@](C)(c2cc(Nc3ncc(F)c4cc(C#N)cnc34)cnc2F)CS1(=O)=O. The average Bonchev–Trinajstić information content (AvgIpc) is 2.75. The molecule has 4 heterocycles. The van der Waals surface area contributed by atoms with Crippen molar-refractivity contribution in [2.45, 2.75) is 31.1 Å². The lowest BCUT2D eigenvalue weighted by molar-refractivity contribution is 0.464. The van der Waals surface area contributed by atoms with E-state index in [0.29, 0.717) is 0 Å². The van der Waals surface area contributed by atoms with Gasteiger partial charge in [0.1, 0.15) is 27.7 Å². The molecule has 33 heavy (non-hydrogen) atoms. The molecule has 1 atom stereocenters. The molecule has 3 N–H and O–H groups in total. The van der Waals surface area contributed by atoms with Crippen LogP contribution in [0.1, 0.15) is 31.9 Å². The van der Waals surface area contributed by atoms with Crippen LogP contribution in [0.3, 0.4) is 0 Å². The van der Waals surface area contributed by atoms with Crippen LogP contribution in [0, 0.1) is 23.1 Å². The van der Waals surface area contributed by atoms with Gasteiger partial charge in [-0.15, -0.1) is 0 Å². The van der Waals surface area contributed by atoms with Gasteiger partial charge in [-0.05, 0) is 32.9 Å². The minimum Gasteiger partial charge on any atom is -0.386 e. The van der Waals surface area contributed by atoms with Crippen LogP contribution >= 0.6 is 0 Å². The summed E-state index contributed by atoms with van der Waals surface area (Å²) < 4.78 is 53.2. The molecule has 0 spiro atoms. The highest BCUT2D eigenvalue weighted by molar-refractivity contribution is 7.93. The van der Waals surface area contributed by atoms with Crippen LogP contribution in [-0.4, -0.2) is 39.7 Å². The molecule has 1 aliphatic heterocycles. The first kappa shape index (κ1) is 22.5. The van der Waals surface area contributed by atoms with Gasteiger partial charge in [0.25, 0.3) is 0 Å². The Morgan fingerprint density at radius 2 is 1.85 bits per heavy atom. The van der Waals surface area contributed by atoms with Crippen molar-refractivity contribution >= 4 is 38.1 Å². The fourth-order valence-corrected chi connectivity index (χ4v) is 5.24. The van der Waals surface area contributed by atoms with Crippen molar-refractivity contribution in [3.05, 3.63) is 53.6 Å². The molecule has 0 aromatic carbocycles. The average molecular weight is 471 g/mol. The molecule has 0 radical (unpaired) electrons. The molecule has 0 aliphatic carbocycles. The second-order valence-corrected chi connectivity index (χ2v) is 11.0. The quantitative estimate of drug-likeness (QED) is 0.554. The number of fused-ring (bicyclic) bond motifs is 1. The number of halogens is 2. The van der Waals surface area contributed by atoms with Crippen molar-refractivity contribution in [1.29, 1.82) is 5.26 Å². The highest BCUT2D eigenvalue weighted by Gasteiger charge is 2.49. The largest absolute Gasteiger partial charge is 0.386 e. The van der Waals surface area contributed by atoms with E-state index in [2.05, 4.69) is 25.3 Å². The molecule has 0 amide bonds.